The highest BCUT2D eigenvalue weighted by Gasteiger charge is 2.24. The third kappa shape index (κ3) is 2.93. The monoisotopic (exact) mass is 275 g/mol. The Bertz CT molecular complexity index is 439. The molecule has 2 aliphatic carbocycles. The van der Waals surface area contributed by atoms with E-state index in [1.54, 1.807) is 5.56 Å². The molecule has 3 nitrogen and oxygen atoms in total. The predicted molar refractivity (Wildman–Crippen MR) is 83.2 cm³/mol. The SMILES string of the molecule is CCc1nn(C2CCCC2)c(CC)c1CCNC1CC1. The van der Waals surface area contributed by atoms with Crippen LogP contribution in [0, 0.1) is 0 Å². The van der Waals surface area contributed by atoms with Crippen LogP contribution in [0.3, 0.4) is 0 Å². The molecule has 112 valence electrons. The Hall–Kier alpha value is -0.830. The zero-order valence-corrected chi connectivity index (χ0v) is 13.1. The van der Waals surface area contributed by atoms with Crippen molar-refractivity contribution < 1.29 is 0 Å². The number of aryl methyl sites for hydroxylation is 1. The van der Waals surface area contributed by atoms with Gasteiger partial charge in [0.2, 0.25) is 0 Å². The molecule has 20 heavy (non-hydrogen) atoms. The van der Waals surface area contributed by atoms with Crippen LogP contribution in [0.4, 0.5) is 0 Å². The Morgan fingerprint density at radius 3 is 2.45 bits per heavy atom. The van der Waals surface area contributed by atoms with Gasteiger partial charge in [-0.05, 0) is 57.1 Å². The van der Waals surface area contributed by atoms with E-state index in [4.69, 9.17) is 5.10 Å². The summed E-state index contributed by atoms with van der Waals surface area (Å²) in [5, 5.41) is 8.63. The van der Waals surface area contributed by atoms with E-state index in [1.807, 2.05) is 0 Å². The van der Waals surface area contributed by atoms with E-state index in [0.717, 1.165) is 31.8 Å². The van der Waals surface area contributed by atoms with Gasteiger partial charge in [-0.2, -0.15) is 5.10 Å². The van der Waals surface area contributed by atoms with Crippen LogP contribution >= 0.6 is 0 Å². The van der Waals surface area contributed by atoms with Gasteiger partial charge >= 0.3 is 0 Å². The lowest BCUT2D eigenvalue weighted by atomic mass is 10.1. The minimum absolute atomic E-state index is 0.681. The third-order valence-electron chi connectivity index (χ3n) is 4.93. The molecule has 0 unspecified atom stereocenters. The molecular weight excluding hydrogens is 246 g/mol. The topological polar surface area (TPSA) is 29.9 Å². The summed E-state index contributed by atoms with van der Waals surface area (Å²) in [5.74, 6) is 0. The van der Waals surface area contributed by atoms with Crippen molar-refractivity contribution >= 4 is 0 Å². The Morgan fingerprint density at radius 1 is 1.10 bits per heavy atom. The maximum Gasteiger partial charge on any atom is 0.0657 e. The fraction of sp³-hybridized carbons (Fsp3) is 0.824. The number of aromatic nitrogens is 2. The number of hydrogen-bond donors (Lipinski definition) is 1. The number of nitrogens with one attached hydrogen (secondary N) is 1. The highest BCUT2D eigenvalue weighted by Crippen LogP contribution is 2.32. The van der Waals surface area contributed by atoms with Crippen molar-refractivity contribution in [1.82, 2.24) is 15.1 Å². The maximum atomic E-state index is 4.98. The first-order valence-electron chi connectivity index (χ1n) is 8.66. The predicted octanol–water partition coefficient (Wildman–Crippen LogP) is 3.42. The second-order valence-corrected chi connectivity index (χ2v) is 6.44. The van der Waals surface area contributed by atoms with E-state index in [2.05, 4.69) is 23.8 Å². The zero-order valence-electron chi connectivity index (χ0n) is 13.1. The molecule has 0 amide bonds. The third-order valence-corrected chi connectivity index (χ3v) is 4.93. The summed E-state index contributed by atoms with van der Waals surface area (Å²) < 4.78 is 2.40. The quantitative estimate of drug-likeness (QED) is 0.826. The van der Waals surface area contributed by atoms with Gasteiger partial charge in [0, 0.05) is 11.7 Å². The summed E-state index contributed by atoms with van der Waals surface area (Å²) in [6.07, 6.45) is 11.5. The zero-order chi connectivity index (χ0) is 13.9. The fourth-order valence-corrected chi connectivity index (χ4v) is 3.64. The summed E-state index contributed by atoms with van der Waals surface area (Å²) in [6.45, 7) is 5.67. The first-order chi connectivity index (χ1) is 9.83. The summed E-state index contributed by atoms with van der Waals surface area (Å²) >= 11 is 0. The van der Waals surface area contributed by atoms with Crippen molar-refractivity contribution in [3.8, 4) is 0 Å². The van der Waals surface area contributed by atoms with Crippen LogP contribution in [0.15, 0.2) is 0 Å². The fourth-order valence-electron chi connectivity index (χ4n) is 3.64. The standard InChI is InChI=1S/C17H29N3/c1-3-16-15(11-12-18-13-9-10-13)17(4-2)20(19-16)14-7-5-6-8-14/h13-14,18H,3-12H2,1-2H3. The van der Waals surface area contributed by atoms with Crippen LogP contribution in [-0.2, 0) is 19.3 Å². The second kappa shape index (κ2) is 6.30. The molecule has 2 fully saturated rings. The van der Waals surface area contributed by atoms with Crippen molar-refractivity contribution in [2.75, 3.05) is 6.54 Å². The lowest BCUT2D eigenvalue weighted by Crippen LogP contribution is -2.20. The molecule has 1 N–H and O–H groups in total. The average Bonchev–Trinajstić information content (AvgIpc) is 3.01. The molecule has 0 aliphatic heterocycles. The molecule has 3 heteroatoms. The highest BCUT2D eigenvalue weighted by molar-refractivity contribution is 5.28. The summed E-state index contributed by atoms with van der Waals surface area (Å²) in [6, 6.07) is 1.50. The van der Waals surface area contributed by atoms with Crippen LogP contribution < -0.4 is 5.32 Å². The molecule has 3 rings (SSSR count). The second-order valence-electron chi connectivity index (χ2n) is 6.44. The normalized spacial score (nSPS) is 19.9. The van der Waals surface area contributed by atoms with Crippen LogP contribution in [-0.4, -0.2) is 22.4 Å². The Kier molecular flexibility index (Phi) is 4.45. The molecule has 0 radical (unpaired) electrons. The lowest BCUT2D eigenvalue weighted by Gasteiger charge is -2.14. The molecule has 1 heterocycles. The average molecular weight is 275 g/mol. The molecule has 0 aromatic carbocycles. The van der Waals surface area contributed by atoms with E-state index in [1.165, 1.54) is 49.9 Å². The van der Waals surface area contributed by atoms with Gasteiger partial charge in [-0.25, -0.2) is 0 Å². The minimum atomic E-state index is 0.681. The minimum Gasteiger partial charge on any atom is -0.314 e. The van der Waals surface area contributed by atoms with E-state index in [-0.39, 0.29) is 0 Å². The number of rotatable bonds is 7. The van der Waals surface area contributed by atoms with Crippen LogP contribution in [0.1, 0.15) is 75.4 Å². The molecule has 1 aromatic heterocycles. The summed E-state index contributed by atoms with van der Waals surface area (Å²) in [7, 11) is 0. The summed E-state index contributed by atoms with van der Waals surface area (Å²) in [5.41, 5.74) is 4.42. The smallest absolute Gasteiger partial charge is 0.0657 e. The largest absolute Gasteiger partial charge is 0.314 e. The number of hydrogen-bond acceptors (Lipinski definition) is 2. The van der Waals surface area contributed by atoms with Gasteiger partial charge in [-0.15, -0.1) is 0 Å². The lowest BCUT2D eigenvalue weighted by molar-refractivity contribution is 0.447. The highest BCUT2D eigenvalue weighted by atomic mass is 15.3. The van der Waals surface area contributed by atoms with E-state index < -0.39 is 0 Å². The van der Waals surface area contributed by atoms with Crippen molar-refractivity contribution in [2.45, 2.75) is 83.7 Å². The molecule has 2 aliphatic rings. The molecule has 1 aromatic rings. The first-order valence-corrected chi connectivity index (χ1v) is 8.66. The van der Waals surface area contributed by atoms with Gasteiger partial charge in [-0.3, -0.25) is 4.68 Å². The van der Waals surface area contributed by atoms with E-state index in [0.29, 0.717) is 6.04 Å². The van der Waals surface area contributed by atoms with Crippen molar-refractivity contribution in [3.05, 3.63) is 17.0 Å². The molecule has 0 saturated heterocycles. The Morgan fingerprint density at radius 2 is 1.85 bits per heavy atom. The summed E-state index contributed by atoms with van der Waals surface area (Å²) in [4.78, 5) is 0. The number of nitrogens with zero attached hydrogens (tertiary/aromatic N) is 2. The van der Waals surface area contributed by atoms with Gasteiger partial charge in [0.15, 0.2) is 0 Å². The van der Waals surface area contributed by atoms with E-state index in [9.17, 15) is 0 Å². The van der Waals surface area contributed by atoms with E-state index >= 15 is 0 Å². The van der Waals surface area contributed by atoms with Gasteiger partial charge in [0.05, 0.1) is 11.7 Å². The maximum absolute atomic E-state index is 4.98. The molecular formula is C17H29N3. The van der Waals surface area contributed by atoms with Gasteiger partial charge in [0.1, 0.15) is 0 Å². The molecule has 2 saturated carbocycles. The van der Waals surface area contributed by atoms with Crippen molar-refractivity contribution in [1.29, 1.82) is 0 Å². The van der Waals surface area contributed by atoms with Crippen molar-refractivity contribution in [3.63, 3.8) is 0 Å². The Labute approximate surface area is 123 Å². The molecule has 0 spiro atoms. The van der Waals surface area contributed by atoms with Crippen LogP contribution in [0.25, 0.3) is 0 Å². The Balaban J connectivity index is 1.77. The molecule has 0 atom stereocenters. The van der Waals surface area contributed by atoms with Crippen LogP contribution in [0.2, 0.25) is 0 Å². The van der Waals surface area contributed by atoms with Gasteiger partial charge < -0.3 is 5.32 Å². The molecule has 0 bridgehead atoms. The van der Waals surface area contributed by atoms with Crippen molar-refractivity contribution in [2.24, 2.45) is 0 Å². The van der Waals surface area contributed by atoms with Gasteiger partial charge in [-0.1, -0.05) is 26.7 Å². The van der Waals surface area contributed by atoms with Crippen LogP contribution in [0.5, 0.6) is 0 Å². The van der Waals surface area contributed by atoms with Gasteiger partial charge in [0.25, 0.3) is 0 Å². The first kappa shape index (κ1) is 14.1.